The zero-order chi connectivity index (χ0) is 14.8. The van der Waals surface area contributed by atoms with Crippen LogP contribution >= 0.6 is 0 Å². The largest absolute Gasteiger partial charge is 0.386 e. The molecule has 1 rings (SSSR count). The molecule has 1 amide bonds. The molecule has 1 N–H and O–H groups in total. The molecule has 0 fully saturated rings. The lowest BCUT2D eigenvalue weighted by Crippen LogP contribution is -2.43. The second kappa shape index (κ2) is 5.74. The predicted molar refractivity (Wildman–Crippen MR) is 78.1 cm³/mol. The molecule has 19 heavy (non-hydrogen) atoms. The standard InChI is InChI=1S/C16H25NO2/c1-11(2)17(12(3)4)15(18)13-9-7-8-10-14(13)16(5,6)19/h7-12,19H,1-6H3. The molecule has 0 aliphatic rings. The average Bonchev–Trinajstić information content (AvgIpc) is 2.26. The molecule has 3 heteroatoms. The number of aliphatic hydroxyl groups is 1. The Morgan fingerprint density at radius 3 is 2.00 bits per heavy atom. The highest BCUT2D eigenvalue weighted by Crippen LogP contribution is 2.25. The molecule has 0 heterocycles. The second-order valence-corrected chi connectivity index (χ2v) is 6.00. The van der Waals surface area contributed by atoms with Crippen LogP contribution in [0.15, 0.2) is 24.3 Å². The number of carbonyl (C=O) groups is 1. The maximum Gasteiger partial charge on any atom is 0.254 e. The lowest BCUT2D eigenvalue weighted by atomic mass is 9.92. The Morgan fingerprint density at radius 1 is 1.11 bits per heavy atom. The number of rotatable bonds is 4. The van der Waals surface area contributed by atoms with Crippen molar-refractivity contribution in [2.45, 2.75) is 59.2 Å². The molecule has 0 saturated carbocycles. The second-order valence-electron chi connectivity index (χ2n) is 6.00. The van der Waals surface area contributed by atoms with Gasteiger partial charge in [0.15, 0.2) is 0 Å². The molecule has 0 saturated heterocycles. The van der Waals surface area contributed by atoms with Crippen molar-refractivity contribution < 1.29 is 9.90 Å². The highest BCUT2D eigenvalue weighted by molar-refractivity contribution is 5.96. The summed E-state index contributed by atoms with van der Waals surface area (Å²) in [5, 5.41) is 10.2. The number of nitrogens with zero attached hydrogens (tertiary/aromatic N) is 1. The topological polar surface area (TPSA) is 40.5 Å². The van der Waals surface area contributed by atoms with Gasteiger partial charge in [-0.1, -0.05) is 18.2 Å². The zero-order valence-electron chi connectivity index (χ0n) is 12.8. The summed E-state index contributed by atoms with van der Waals surface area (Å²) >= 11 is 0. The Bertz CT molecular complexity index is 436. The molecule has 0 aliphatic heterocycles. The molecule has 0 aromatic heterocycles. The minimum absolute atomic E-state index is 0.0253. The first-order valence-electron chi connectivity index (χ1n) is 6.80. The minimum Gasteiger partial charge on any atom is -0.386 e. The molecule has 0 atom stereocenters. The Labute approximate surface area is 116 Å². The van der Waals surface area contributed by atoms with E-state index in [9.17, 15) is 9.90 Å². The molecule has 0 bridgehead atoms. The first-order valence-corrected chi connectivity index (χ1v) is 6.80. The molecule has 0 aliphatic carbocycles. The van der Waals surface area contributed by atoms with E-state index in [4.69, 9.17) is 0 Å². The van der Waals surface area contributed by atoms with Crippen molar-refractivity contribution in [1.29, 1.82) is 0 Å². The van der Waals surface area contributed by atoms with Crippen LogP contribution in [0.25, 0.3) is 0 Å². The minimum atomic E-state index is -1.02. The van der Waals surface area contributed by atoms with Gasteiger partial charge in [0.1, 0.15) is 0 Å². The normalized spacial score (nSPS) is 12.1. The van der Waals surface area contributed by atoms with E-state index in [0.29, 0.717) is 11.1 Å². The summed E-state index contributed by atoms with van der Waals surface area (Å²) in [6.45, 7) is 11.4. The number of hydrogen-bond donors (Lipinski definition) is 1. The SMILES string of the molecule is CC(C)N(C(=O)c1ccccc1C(C)(C)O)C(C)C. The number of hydrogen-bond acceptors (Lipinski definition) is 2. The number of carbonyl (C=O) groups excluding carboxylic acids is 1. The van der Waals surface area contributed by atoms with Gasteiger partial charge in [0.05, 0.1) is 5.60 Å². The number of benzene rings is 1. The third-order valence-corrected chi connectivity index (χ3v) is 3.16. The fourth-order valence-electron chi connectivity index (χ4n) is 2.41. The van der Waals surface area contributed by atoms with Gasteiger partial charge in [-0.2, -0.15) is 0 Å². The van der Waals surface area contributed by atoms with Gasteiger partial charge < -0.3 is 10.0 Å². The summed E-state index contributed by atoms with van der Waals surface area (Å²) in [5.41, 5.74) is 0.231. The van der Waals surface area contributed by atoms with Crippen LogP contribution in [0.4, 0.5) is 0 Å². The third-order valence-electron chi connectivity index (χ3n) is 3.16. The van der Waals surface area contributed by atoms with E-state index in [0.717, 1.165) is 0 Å². The van der Waals surface area contributed by atoms with Gasteiger partial charge in [-0.05, 0) is 53.2 Å². The summed E-state index contributed by atoms with van der Waals surface area (Å²) in [5.74, 6) is -0.0253. The van der Waals surface area contributed by atoms with Crippen LogP contribution in [0.5, 0.6) is 0 Å². The maximum absolute atomic E-state index is 12.7. The fraction of sp³-hybridized carbons (Fsp3) is 0.562. The Hall–Kier alpha value is -1.35. The molecule has 1 aromatic rings. The monoisotopic (exact) mass is 263 g/mol. The van der Waals surface area contributed by atoms with Crippen LogP contribution in [0, 0.1) is 0 Å². The molecular weight excluding hydrogens is 238 g/mol. The molecular formula is C16H25NO2. The molecule has 0 unspecified atom stereocenters. The van der Waals surface area contributed by atoms with Crippen molar-refractivity contribution in [2.24, 2.45) is 0 Å². The average molecular weight is 263 g/mol. The van der Waals surface area contributed by atoms with Gasteiger partial charge in [0.25, 0.3) is 5.91 Å². The van der Waals surface area contributed by atoms with Gasteiger partial charge in [-0.25, -0.2) is 0 Å². The van der Waals surface area contributed by atoms with Crippen LogP contribution < -0.4 is 0 Å². The van der Waals surface area contributed by atoms with Gasteiger partial charge in [0, 0.05) is 17.6 Å². The van der Waals surface area contributed by atoms with E-state index in [1.54, 1.807) is 19.9 Å². The van der Waals surface area contributed by atoms with Crippen LogP contribution in [0.1, 0.15) is 57.5 Å². The van der Waals surface area contributed by atoms with Crippen molar-refractivity contribution in [3.8, 4) is 0 Å². The van der Waals surface area contributed by atoms with E-state index in [1.165, 1.54) is 0 Å². The van der Waals surface area contributed by atoms with Gasteiger partial charge in [0.2, 0.25) is 0 Å². The molecule has 0 spiro atoms. The van der Waals surface area contributed by atoms with Crippen molar-refractivity contribution in [3.63, 3.8) is 0 Å². The Morgan fingerprint density at radius 2 is 1.58 bits per heavy atom. The van der Waals surface area contributed by atoms with E-state index in [-0.39, 0.29) is 18.0 Å². The van der Waals surface area contributed by atoms with Crippen LogP contribution in [0.2, 0.25) is 0 Å². The van der Waals surface area contributed by atoms with Crippen molar-refractivity contribution in [1.82, 2.24) is 4.90 Å². The summed E-state index contributed by atoms with van der Waals surface area (Å²) < 4.78 is 0. The van der Waals surface area contributed by atoms with E-state index in [1.807, 2.05) is 50.8 Å². The van der Waals surface area contributed by atoms with Gasteiger partial charge in [-0.15, -0.1) is 0 Å². The lowest BCUT2D eigenvalue weighted by molar-refractivity contribution is 0.0592. The van der Waals surface area contributed by atoms with E-state index >= 15 is 0 Å². The Kier molecular flexibility index (Phi) is 4.75. The predicted octanol–water partition coefficient (Wildman–Crippen LogP) is 3.17. The molecule has 3 nitrogen and oxygen atoms in total. The van der Waals surface area contributed by atoms with Crippen molar-refractivity contribution in [2.75, 3.05) is 0 Å². The van der Waals surface area contributed by atoms with Crippen molar-refractivity contribution in [3.05, 3.63) is 35.4 Å². The van der Waals surface area contributed by atoms with Crippen LogP contribution in [0.3, 0.4) is 0 Å². The highest BCUT2D eigenvalue weighted by Gasteiger charge is 2.28. The van der Waals surface area contributed by atoms with Crippen LogP contribution in [-0.4, -0.2) is 28.0 Å². The van der Waals surface area contributed by atoms with E-state index in [2.05, 4.69) is 0 Å². The third kappa shape index (κ3) is 3.57. The van der Waals surface area contributed by atoms with E-state index < -0.39 is 5.60 Å². The van der Waals surface area contributed by atoms with Gasteiger partial charge in [-0.3, -0.25) is 4.79 Å². The quantitative estimate of drug-likeness (QED) is 0.906. The summed E-state index contributed by atoms with van der Waals surface area (Å²) in [6.07, 6.45) is 0. The Balaban J connectivity index is 3.27. The number of amides is 1. The van der Waals surface area contributed by atoms with Crippen molar-refractivity contribution >= 4 is 5.91 Å². The molecule has 1 aromatic carbocycles. The molecule has 106 valence electrons. The first-order chi connectivity index (χ1) is 8.66. The lowest BCUT2D eigenvalue weighted by Gasteiger charge is -2.32. The smallest absolute Gasteiger partial charge is 0.254 e. The maximum atomic E-state index is 12.7. The summed E-state index contributed by atoms with van der Waals surface area (Å²) in [4.78, 5) is 14.5. The zero-order valence-corrected chi connectivity index (χ0v) is 12.8. The highest BCUT2D eigenvalue weighted by atomic mass is 16.3. The summed E-state index contributed by atoms with van der Waals surface area (Å²) in [7, 11) is 0. The van der Waals surface area contributed by atoms with Gasteiger partial charge >= 0.3 is 0 Å². The fourth-order valence-corrected chi connectivity index (χ4v) is 2.41. The van der Waals surface area contributed by atoms with Crippen LogP contribution in [-0.2, 0) is 5.60 Å². The first kappa shape index (κ1) is 15.7. The molecule has 0 radical (unpaired) electrons. The summed E-state index contributed by atoms with van der Waals surface area (Å²) in [6, 6.07) is 7.53.